The zero-order valence-electron chi connectivity index (χ0n) is 21.7. The van der Waals surface area contributed by atoms with E-state index in [0.717, 1.165) is 31.2 Å². The quantitative estimate of drug-likeness (QED) is 0.258. The van der Waals surface area contributed by atoms with Crippen LogP contribution in [0.5, 0.6) is 0 Å². The molecule has 0 aliphatic heterocycles. The Bertz CT molecular complexity index is 1050. The van der Waals surface area contributed by atoms with Crippen LogP contribution < -0.4 is 0 Å². The van der Waals surface area contributed by atoms with Crippen molar-refractivity contribution in [3.8, 4) is 0 Å². The largest absolute Gasteiger partial charge is 0.300 e. The lowest BCUT2D eigenvalue weighted by molar-refractivity contribution is -0.120. The summed E-state index contributed by atoms with van der Waals surface area (Å²) in [6.07, 6.45) is 6.53. The van der Waals surface area contributed by atoms with E-state index < -0.39 is 0 Å². The first-order chi connectivity index (χ1) is 16.8. The maximum Gasteiger partial charge on any atom is 0.137 e. The molecule has 3 aromatic carbocycles. The molecule has 35 heavy (non-hydrogen) atoms. The number of hydrogen-bond acceptors (Lipinski definition) is 2. The molecule has 3 rings (SSSR count). The van der Waals surface area contributed by atoms with Crippen molar-refractivity contribution in [1.82, 2.24) is 0 Å². The highest BCUT2D eigenvalue weighted by Gasteiger charge is 2.13. The summed E-state index contributed by atoms with van der Waals surface area (Å²) in [5.74, 6) is 0.487. The highest BCUT2D eigenvalue weighted by atomic mass is 16.1. The Balaban J connectivity index is 1.29. The second-order valence-corrected chi connectivity index (χ2v) is 10.7. The molecular formula is C33H40O2. The zero-order chi connectivity index (χ0) is 25.1. The minimum Gasteiger partial charge on any atom is -0.300 e. The van der Waals surface area contributed by atoms with Gasteiger partial charge in [0.1, 0.15) is 11.6 Å². The highest BCUT2D eigenvalue weighted by Crippen LogP contribution is 2.22. The van der Waals surface area contributed by atoms with Gasteiger partial charge in [-0.05, 0) is 65.3 Å². The highest BCUT2D eigenvalue weighted by molar-refractivity contribution is 5.82. The summed E-state index contributed by atoms with van der Waals surface area (Å²) in [7, 11) is 0. The first-order valence-electron chi connectivity index (χ1n) is 13.0. The van der Waals surface area contributed by atoms with Crippen LogP contribution in [0.1, 0.15) is 80.7 Å². The average Bonchev–Trinajstić information content (AvgIpc) is 2.84. The molecule has 0 spiro atoms. The van der Waals surface area contributed by atoms with E-state index in [-0.39, 0.29) is 17.0 Å². The third-order valence-corrected chi connectivity index (χ3v) is 6.62. The minimum atomic E-state index is 0.165. The van der Waals surface area contributed by atoms with Crippen LogP contribution in [0.15, 0.2) is 78.9 Å². The molecule has 0 saturated heterocycles. The van der Waals surface area contributed by atoms with Crippen LogP contribution in [0.3, 0.4) is 0 Å². The Kier molecular flexibility index (Phi) is 10.0. The Labute approximate surface area is 211 Å². The van der Waals surface area contributed by atoms with Gasteiger partial charge in [-0.3, -0.25) is 9.59 Å². The SMILES string of the molecule is CC(C)(C)c1ccc(CCCC(=O)CCCC(=O)Cc2ccc(CCc3ccccc3)cc2)cc1. The Morgan fingerprint density at radius 2 is 1.03 bits per heavy atom. The Morgan fingerprint density at radius 3 is 1.66 bits per heavy atom. The Hall–Kier alpha value is -3.00. The van der Waals surface area contributed by atoms with Crippen LogP contribution in [-0.2, 0) is 40.7 Å². The van der Waals surface area contributed by atoms with Gasteiger partial charge in [0.25, 0.3) is 0 Å². The molecule has 3 aromatic rings. The molecule has 0 heterocycles. The van der Waals surface area contributed by atoms with Crippen LogP contribution in [0.2, 0.25) is 0 Å². The predicted octanol–water partition coefficient (Wildman–Crippen LogP) is 7.64. The molecule has 184 valence electrons. The molecular weight excluding hydrogens is 428 g/mol. The van der Waals surface area contributed by atoms with Crippen molar-refractivity contribution >= 4 is 11.6 Å². The molecule has 0 unspecified atom stereocenters. The molecule has 0 aromatic heterocycles. The summed E-state index contributed by atoms with van der Waals surface area (Å²) >= 11 is 0. The van der Waals surface area contributed by atoms with E-state index >= 15 is 0 Å². The first kappa shape index (κ1) is 26.6. The maximum absolute atomic E-state index is 12.4. The number of hydrogen-bond donors (Lipinski definition) is 0. The fraction of sp³-hybridized carbons (Fsp3) is 0.394. The predicted molar refractivity (Wildman–Crippen MR) is 146 cm³/mol. The summed E-state index contributed by atoms with van der Waals surface area (Å²) < 4.78 is 0. The van der Waals surface area contributed by atoms with Gasteiger partial charge in [-0.1, -0.05) is 99.6 Å². The lowest BCUT2D eigenvalue weighted by Gasteiger charge is -2.19. The molecule has 0 aliphatic carbocycles. The van der Waals surface area contributed by atoms with E-state index in [2.05, 4.69) is 93.6 Å². The van der Waals surface area contributed by atoms with Crippen molar-refractivity contribution in [1.29, 1.82) is 0 Å². The lowest BCUT2D eigenvalue weighted by atomic mass is 9.86. The fourth-order valence-electron chi connectivity index (χ4n) is 4.34. The topological polar surface area (TPSA) is 34.1 Å². The lowest BCUT2D eigenvalue weighted by Crippen LogP contribution is -2.10. The van der Waals surface area contributed by atoms with Crippen LogP contribution in [0, 0.1) is 0 Å². The number of ketones is 2. The molecule has 0 N–H and O–H groups in total. The molecule has 2 heteroatoms. The van der Waals surface area contributed by atoms with Crippen molar-refractivity contribution in [2.24, 2.45) is 0 Å². The monoisotopic (exact) mass is 468 g/mol. The third kappa shape index (κ3) is 9.64. The van der Waals surface area contributed by atoms with Gasteiger partial charge < -0.3 is 0 Å². The van der Waals surface area contributed by atoms with Crippen LogP contribution in [-0.4, -0.2) is 11.6 Å². The molecule has 0 aliphatic rings. The second kappa shape index (κ2) is 13.2. The van der Waals surface area contributed by atoms with Crippen molar-refractivity contribution in [3.63, 3.8) is 0 Å². The molecule has 2 nitrogen and oxygen atoms in total. The van der Waals surface area contributed by atoms with Crippen LogP contribution >= 0.6 is 0 Å². The van der Waals surface area contributed by atoms with Crippen molar-refractivity contribution in [2.75, 3.05) is 0 Å². The summed E-state index contributed by atoms with van der Waals surface area (Å²) in [4.78, 5) is 24.6. The molecule has 0 fully saturated rings. The van der Waals surface area contributed by atoms with Gasteiger partial charge >= 0.3 is 0 Å². The van der Waals surface area contributed by atoms with Crippen LogP contribution in [0.25, 0.3) is 0 Å². The number of aryl methyl sites for hydroxylation is 3. The van der Waals surface area contributed by atoms with Gasteiger partial charge in [0.05, 0.1) is 0 Å². The second-order valence-electron chi connectivity index (χ2n) is 10.7. The number of carbonyl (C=O) groups is 2. The van der Waals surface area contributed by atoms with Crippen molar-refractivity contribution in [3.05, 3.63) is 107 Å². The van der Waals surface area contributed by atoms with E-state index in [1.54, 1.807) is 0 Å². The molecule has 0 amide bonds. The maximum atomic E-state index is 12.4. The number of rotatable bonds is 13. The van der Waals surface area contributed by atoms with Gasteiger partial charge in [0.2, 0.25) is 0 Å². The number of benzene rings is 3. The van der Waals surface area contributed by atoms with E-state index in [1.165, 1.54) is 22.3 Å². The van der Waals surface area contributed by atoms with Gasteiger partial charge in [-0.2, -0.15) is 0 Å². The van der Waals surface area contributed by atoms with Crippen LogP contribution in [0.4, 0.5) is 0 Å². The van der Waals surface area contributed by atoms with E-state index in [4.69, 9.17) is 0 Å². The van der Waals surface area contributed by atoms with Gasteiger partial charge in [-0.25, -0.2) is 0 Å². The van der Waals surface area contributed by atoms with Gasteiger partial charge in [0, 0.05) is 25.7 Å². The normalized spacial score (nSPS) is 11.4. The summed E-state index contributed by atoms with van der Waals surface area (Å²) in [6.45, 7) is 6.65. The summed E-state index contributed by atoms with van der Waals surface area (Å²) in [6, 6.07) is 27.6. The number of Topliss-reactive ketones (excluding diaryl/α,β-unsaturated/α-hetero) is 2. The molecule has 0 atom stereocenters. The third-order valence-electron chi connectivity index (χ3n) is 6.62. The Morgan fingerprint density at radius 1 is 0.543 bits per heavy atom. The number of carbonyl (C=O) groups excluding carboxylic acids is 2. The van der Waals surface area contributed by atoms with Crippen molar-refractivity contribution < 1.29 is 9.59 Å². The van der Waals surface area contributed by atoms with Gasteiger partial charge in [0.15, 0.2) is 0 Å². The molecule has 0 saturated carbocycles. The summed E-state index contributed by atoms with van der Waals surface area (Å²) in [5.41, 5.74) is 6.48. The van der Waals surface area contributed by atoms with E-state index in [1.807, 2.05) is 6.07 Å². The molecule has 0 bridgehead atoms. The fourth-order valence-corrected chi connectivity index (χ4v) is 4.34. The smallest absolute Gasteiger partial charge is 0.137 e. The summed E-state index contributed by atoms with van der Waals surface area (Å²) in [5, 5.41) is 0. The first-order valence-corrected chi connectivity index (χ1v) is 13.0. The minimum absolute atomic E-state index is 0.165. The van der Waals surface area contributed by atoms with Crippen molar-refractivity contribution in [2.45, 2.75) is 84.0 Å². The van der Waals surface area contributed by atoms with E-state index in [0.29, 0.717) is 32.1 Å². The zero-order valence-corrected chi connectivity index (χ0v) is 21.7. The standard InChI is InChI=1S/C33H40O2/c1-33(2,3)30-23-21-27(22-24-30)11-7-12-31(34)13-8-14-32(35)25-29-19-17-28(18-20-29)16-15-26-9-5-4-6-10-26/h4-6,9-10,17-24H,7-8,11-16,25H2,1-3H3. The average molecular weight is 469 g/mol. The molecule has 0 radical (unpaired) electrons. The van der Waals surface area contributed by atoms with Gasteiger partial charge in [-0.15, -0.1) is 0 Å². The van der Waals surface area contributed by atoms with E-state index in [9.17, 15) is 9.59 Å².